The van der Waals surface area contributed by atoms with Gasteiger partial charge in [0.1, 0.15) is 11.5 Å². The Labute approximate surface area is 219 Å². The SMILES string of the molecule is CC(C)CC(=O)Nc1cncc(-c2cc3c(-c4nc5nccc(-c6ccc(F)s6)c5[nH]4)n[nH]c3cc2F)c1. The Hall–Kier alpha value is -4.51. The molecule has 6 aromatic rings. The number of nitrogens with zero attached hydrogens (tertiary/aromatic N) is 4. The number of thiophene rings is 1. The van der Waals surface area contributed by atoms with Crippen molar-refractivity contribution in [3.8, 4) is 33.1 Å². The van der Waals surface area contributed by atoms with Crippen LogP contribution in [0.4, 0.5) is 14.5 Å². The van der Waals surface area contributed by atoms with E-state index in [9.17, 15) is 9.18 Å². The highest BCUT2D eigenvalue weighted by atomic mass is 32.1. The van der Waals surface area contributed by atoms with Crippen LogP contribution in [0, 0.1) is 16.9 Å². The number of hydrogen-bond donors (Lipinski definition) is 3. The van der Waals surface area contributed by atoms with Crippen molar-refractivity contribution in [2.45, 2.75) is 20.3 Å². The van der Waals surface area contributed by atoms with E-state index in [4.69, 9.17) is 0 Å². The van der Waals surface area contributed by atoms with Gasteiger partial charge in [0.25, 0.3) is 0 Å². The summed E-state index contributed by atoms with van der Waals surface area (Å²) in [6.07, 6.45) is 5.06. The van der Waals surface area contributed by atoms with Crippen molar-refractivity contribution in [1.29, 1.82) is 0 Å². The van der Waals surface area contributed by atoms with Crippen LogP contribution in [0.5, 0.6) is 0 Å². The van der Waals surface area contributed by atoms with Crippen molar-refractivity contribution in [3.05, 3.63) is 65.9 Å². The summed E-state index contributed by atoms with van der Waals surface area (Å²) in [5.74, 6) is 0.0544. The summed E-state index contributed by atoms with van der Waals surface area (Å²) >= 11 is 1.04. The Bertz CT molecular complexity index is 1820. The van der Waals surface area contributed by atoms with E-state index in [2.05, 4.69) is 35.5 Å². The van der Waals surface area contributed by atoms with E-state index >= 15 is 4.39 Å². The molecule has 8 nitrogen and oxygen atoms in total. The van der Waals surface area contributed by atoms with E-state index in [-0.39, 0.29) is 17.0 Å². The minimum absolute atomic E-state index is 0.129. The molecule has 0 radical (unpaired) electrons. The monoisotopic (exact) mass is 529 g/mol. The van der Waals surface area contributed by atoms with E-state index in [0.717, 1.165) is 21.8 Å². The standard InChI is InChI=1S/C27H21F2N7OS/c1-13(2)7-23(37)32-15-8-14(11-30-12-15)17-9-18-20(10-19(17)28)35-36-25(18)27-33-24-16(5-6-31-26(24)34-27)21-3-4-22(29)38-21/h3-6,8-13H,7H2,1-2H3,(H,32,37)(H,35,36)(H,31,33,34). The Morgan fingerprint density at radius 2 is 1.97 bits per heavy atom. The fourth-order valence-corrected chi connectivity index (χ4v) is 5.13. The third-order valence-corrected chi connectivity index (χ3v) is 6.94. The summed E-state index contributed by atoms with van der Waals surface area (Å²) in [5.41, 5.74) is 4.15. The van der Waals surface area contributed by atoms with Crippen LogP contribution in [0.1, 0.15) is 20.3 Å². The highest BCUT2D eigenvalue weighted by Gasteiger charge is 2.19. The van der Waals surface area contributed by atoms with Crippen LogP contribution < -0.4 is 5.32 Å². The third kappa shape index (κ3) is 4.41. The number of rotatable bonds is 6. The number of imidazole rings is 1. The molecule has 0 saturated heterocycles. The first-order valence-corrected chi connectivity index (χ1v) is 12.7. The molecule has 11 heteroatoms. The molecule has 0 saturated carbocycles. The summed E-state index contributed by atoms with van der Waals surface area (Å²) in [4.78, 5) is 29.4. The Kier molecular flexibility index (Phi) is 5.91. The number of aromatic amines is 2. The number of halogens is 2. The van der Waals surface area contributed by atoms with Gasteiger partial charge in [0.05, 0.1) is 22.9 Å². The summed E-state index contributed by atoms with van der Waals surface area (Å²) in [6, 6.07) is 9.66. The number of H-pyrrole nitrogens is 2. The van der Waals surface area contributed by atoms with Crippen LogP contribution in [-0.4, -0.2) is 36.0 Å². The average Bonchev–Trinajstić information content (AvgIpc) is 3.60. The van der Waals surface area contributed by atoms with Crippen molar-refractivity contribution in [2.75, 3.05) is 5.32 Å². The number of benzene rings is 1. The largest absolute Gasteiger partial charge is 0.335 e. The molecule has 190 valence electrons. The summed E-state index contributed by atoms with van der Waals surface area (Å²) < 4.78 is 28.8. The van der Waals surface area contributed by atoms with Gasteiger partial charge in [-0.15, -0.1) is 11.3 Å². The number of nitrogens with one attached hydrogen (secondary N) is 3. The predicted molar refractivity (Wildman–Crippen MR) is 144 cm³/mol. The van der Waals surface area contributed by atoms with E-state index in [1.165, 1.54) is 18.3 Å². The van der Waals surface area contributed by atoms with Crippen LogP contribution in [0.15, 0.2) is 55.0 Å². The van der Waals surface area contributed by atoms with E-state index in [0.29, 0.717) is 56.8 Å². The fourth-order valence-electron chi connectivity index (χ4n) is 4.37. The maximum Gasteiger partial charge on any atom is 0.224 e. The Balaban J connectivity index is 1.41. The molecule has 5 heterocycles. The van der Waals surface area contributed by atoms with Crippen LogP contribution in [0.3, 0.4) is 0 Å². The first-order chi connectivity index (χ1) is 18.4. The van der Waals surface area contributed by atoms with Crippen LogP contribution in [-0.2, 0) is 4.79 Å². The molecule has 0 fully saturated rings. The molecule has 0 aliphatic carbocycles. The van der Waals surface area contributed by atoms with Crippen LogP contribution in [0.2, 0.25) is 0 Å². The molecule has 0 aliphatic rings. The normalized spacial score (nSPS) is 11.6. The first kappa shape index (κ1) is 23.9. The van der Waals surface area contributed by atoms with Gasteiger partial charge in [-0.3, -0.25) is 14.9 Å². The third-order valence-electron chi connectivity index (χ3n) is 6.03. The number of carbonyl (C=O) groups excluding carboxylic acids is 1. The van der Waals surface area contributed by atoms with E-state index in [1.807, 2.05) is 13.8 Å². The smallest absolute Gasteiger partial charge is 0.224 e. The number of amides is 1. The lowest BCUT2D eigenvalue weighted by atomic mass is 10.0. The van der Waals surface area contributed by atoms with Gasteiger partial charge < -0.3 is 10.3 Å². The molecule has 3 N–H and O–H groups in total. The molecule has 0 unspecified atom stereocenters. The maximum absolute atomic E-state index is 15.2. The summed E-state index contributed by atoms with van der Waals surface area (Å²) in [7, 11) is 0. The molecule has 1 amide bonds. The Morgan fingerprint density at radius 3 is 2.76 bits per heavy atom. The van der Waals surface area contributed by atoms with Crippen molar-refractivity contribution < 1.29 is 13.6 Å². The van der Waals surface area contributed by atoms with Crippen LogP contribution in [0.25, 0.3) is 55.2 Å². The second-order valence-electron chi connectivity index (χ2n) is 9.30. The average molecular weight is 530 g/mol. The number of aromatic nitrogens is 6. The van der Waals surface area contributed by atoms with Crippen molar-refractivity contribution >= 4 is 45.0 Å². The zero-order chi connectivity index (χ0) is 26.4. The minimum Gasteiger partial charge on any atom is -0.335 e. The number of anilines is 1. The van der Waals surface area contributed by atoms with Gasteiger partial charge in [-0.1, -0.05) is 13.8 Å². The quantitative estimate of drug-likeness (QED) is 0.226. The van der Waals surface area contributed by atoms with Gasteiger partial charge in [-0.25, -0.2) is 14.4 Å². The molecule has 38 heavy (non-hydrogen) atoms. The molecular weight excluding hydrogens is 508 g/mol. The van der Waals surface area contributed by atoms with Gasteiger partial charge in [-0.2, -0.15) is 9.49 Å². The topological polar surface area (TPSA) is 112 Å². The summed E-state index contributed by atoms with van der Waals surface area (Å²) in [6.45, 7) is 3.92. The van der Waals surface area contributed by atoms with Crippen molar-refractivity contribution in [3.63, 3.8) is 0 Å². The molecule has 6 rings (SSSR count). The molecular formula is C27H21F2N7OS. The lowest BCUT2D eigenvalue weighted by Crippen LogP contribution is -2.14. The van der Waals surface area contributed by atoms with Crippen molar-refractivity contribution in [1.82, 2.24) is 30.1 Å². The second kappa shape index (κ2) is 9.42. The number of pyridine rings is 2. The maximum atomic E-state index is 15.2. The van der Waals surface area contributed by atoms with Crippen molar-refractivity contribution in [2.24, 2.45) is 5.92 Å². The van der Waals surface area contributed by atoms with Gasteiger partial charge in [0, 0.05) is 51.8 Å². The highest BCUT2D eigenvalue weighted by Crippen LogP contribution is 2.35. The van der Waals surface area contributed by atoms with Gasteiger partial charge in [0.2, 0.25) is 5.91 Å². The zero-order valence-corrected chi connectivity index (χ0v) is 21.2. The van der Waals surface area contributed by atoms with Gasteiger partial charge >= 0.3 is 0 Å². The molecule has 0 atom stereocenters. The zero-order valence-electron chi connectivity index (χ0n) is 20.3. The second-order valence-corrected chi connectivity index (χ2v) is 10.3. The lowest BCUT2D eigenvalue weighted by molar-refractivity contribution is -0.116. The Morgan fingerprint density at radius 1 is 1.11 bits per heavy atom. The summed E-state index contributed by atoms with van der Waals surface area (Å²) in [5, 5.41) is 10.4. The molecule has 5 aromatic heterocycles. The van der Waals surface area contributed by atoms with Gasteiger partial charge in [-0.05, 0) is 36.2 Å². The highest BCUT2D eigenvalue weighted by molar-refractivity contribution is 7.14. The van der Waals surface area contributed by atoms with E-state index in [1.54, 1.807) is 36.7 Å². The molecule has 0 aliphatic heterocycles. The predicted octanol–water partition coefficient (Wildman–Crippen LogP) is 6.55. The lowest BCUT2D eigenvalue weighted by Gasteiger charge is -2.09. The van der Waals surface area contributed by atoms with Gasteiger partial charge in [0.15, 0.2) is 16.6 Å². The molecule has 1 aromatic carbocycles. The number of fused-ring (bicyclic) bond motifs is 2. The van der Waals surface area contributed by atoms with E-state index < -0.39 is 5.82 Å². The molecule has 0 spiro atoms. The number of carbonyl (C=O) groups is 1. The minimum atomic E-state index is -0.464. The first-order valence-electron chi connectivity index (χ1n) is 11.9. The fraction of sp³-hybridized carbons (Fsp3) is 0.148. The van der Waals surface area contributed by atoms with Crippen LogP contribution >= 0.6 is 11.3 Å². The number of hydrogen-bond acceptors (Lipinski definition) is 6. The molecule has 0 bridgehead atoms.